The van der Waals surface area contributed by atoms with Gasteiger partial charge in [-0.3, -0.25) is 9.59 Å². The Morgan fingerprint density at radius 1 is 1.00 bits per heavy atom. The van der Waals surface area contributed by atoms with Crippen LogP contribution < -0.4 is 25.0 Å². The molecule has 2 N–H and O–H groups in total. The number of hydrogen-bond acceptors (Lipinski definition) is 7. The summed E-state index contributed by atoms with van der Waals surface area (Å²) in [5, 5.41) is 5.35. The van der Waals surface area contributed by atoms with Gasteiger partial charge in [-0.25, -0.2) is 0 Å². The van der Waals surface area contributed by atoms with Crippen molar-refractivity contribution in [3.05, 3.63) is 42.5 Å². The van der Waals surface area contributed by atoms with Crippen LogP contribution in [0.1, 0.15) is 12.8 Å². The topological polar surface area (TPSA) is 106 Å². The largest absolute Gasteiger partial charge is 0.486 e. The number of nitrogens with one attached hydrogen (secondary N) is 2. The molecule has 2 aliphatic heterocycles. The fourth-order valence-electron chi connectivity index (χ4n) is 3.95. The van der Waals surface area contributed by atoms with Crippen molar-refractivity contribution in [2.75, 3.05) is 43.1 Å². The van der Waals surface area contributed by atoms with Crippen LogP contribution in [0.5, 0.6) is 11.5 Å². The number of amides is 2. The number of anilines is 2. The number of para-hydroxylation sites is 2. The molecular weight excluding hydrogens is 412 g/mol. The zero-order valence-corrected chi connectivity index (χ0v) is 17.5. The third-order valence-corrected chi connectivity index (χ3v) is 5.73. The predicted molar refractivity (Wildman–Crippen MR) is 118 cm³/mol. The van der Waals surface area contributed by atoms with Crippen molar-refractivity contribution in [3.8, 4) is 11.5 Å². The minimum absolute atomic E-state index is 0.293. The second-order valence-corrected chi connectivity index (χ2v) is 7.92. The lowest BCUT2D eigenvalue weighted by molar-refractivity contribution is -0.136. The molecule has 0 radical (unpaired) electrons. The van der Waals surface area contributed by atoms with E-state index >= 15 is 0 Å². The second kappa shape index (κ2) is 8.78. The molecule has 0 aliphatic carbocycles. The highest BCUT2D eigenvalue weighted by Gasteiger charge is 2.24. The second-order valence-electron chi connectivity index (χ2n) is 7.92. The van der Waals surface area contributed by atoms with Gasteiger partial charge in [0.15, 0.2) is 17.1 Å². The van der Waals surface area contributed by atoms with Crippen LogP contribution in [0.25, 0.3) is 11.1 Å². The first-order valence-corrected chi connectivity index (χ1v) is 10.7. The first kappa shape index (κ1) is 20.2. The molecule has 1 fully saturated rings. The molecule has 166 valence electrons. The molecule has 0 bridgehead atoms. The average Bonchev–Trinajstić information content (AvgIpc) is 3.27. The highest BCUT2D eigenvalue weighted by Crippen LogP contribution is 2.32. The van der Waals surface area contributed by atoms with Crippen LogP contribution in [-0.4, -0.2) is 49.6 Å². The monoisotopic (exact) mass is 436 g/mol. The summed E-state index contributed by atoms with van der Waals surface area (Å²) in [5.41, 5.74) is 2.11. The Balaban J connectivity index is 1.09. The Morgan fingerprint density at radius 2 is 1.78 bits per heavy atom. The van der Waals surface area contributed by atoms with E-state index < -0.39 is 11.8 Å². The first-order chi connectivity index (χ1) is 15.7. The molecule has 1 aromatic heterocycles. The molecule has 32 heavy (non-hydrogen) atoms. The molecule has 9 nitrogen and oxygen atoms in total. The van der Waals surface area contributed by atoms with E-state index in [1.54, 1.807) is 18.2 Å². The zero-order valence-electron chi connectivity index (χ0n) is 17.5. The van der Waals surface area contributed by atoms with Crippen molar-refractivity contribution in [3.63, 3.8) is 0 Å². The van der Waals surface area contributed by atoms with Crippen LogP contribution in [-0.2, 0) is 9.59 Å². The smallest absolute Gasteiger partial charge is 0.313 e. The molecule has 0 atom stereocenters. The van der Waals surface area contributed by atoms with Gasteiger partial charge in [0.2, 0.25) is 0 Å². The highest BCUT2D eigenvalue weighted by molar-refractivity contribution is 6.39. The Morgan fingerprint density at radius 3 is 2.59 bits per heavy atom. The molecule has 9 heteroatoms. The van der Waals surface area contributed by atoms with E-state index in [0.717, 1.165) is 37.0 Å². The standard InChI is InChI=1S/C23H24N4O5/c28-21(22(29)25-16-5-6-19-20(13-16)31-12-11-30-19)24-14-15-7-9-27(10-8-15)23-26-17-3-1-2-4-18(17)32-23/h1-6,13,15H,7-12,14H2,(H,24,28)(H,25,29). The molecule has 2 aliphatic rings. The van der Waals surface area contributed by atoms with Crippen LogP contribution in [0.15, 0.2) is 46.9 Å². The van der Waals surface area contributed by atoms with Gasteiger partial charge in [-0.2, -0.15) is 4.98 Å². The molecule has 3 heterocycles. The van der Waals surface area contributed by atoms with Gasteiger partial charge in [-0.1, -0.05) is 12.1 Å². The number of fused-ring (bicyclic) bond motifs is 2. The molecule has 0 saturated carbocycles. The van der Waals surface area contributed by atoms with E-state index in [0.29, 0.717) is 48.9 Å². The van der Waals surface area contributed by atoms with Crippen LogP contribution in [0, 0.1) is 5.92 Å². The summed E-state index contributed by atoms with van der Waals surface area (Å²) in [6, 6.07) is 13.4. The lowest BCUT2D eigenvalue weighted by Crippen LogP contribution is -2.42. The van der Waals surface area contributed by atoms with Gasteiger partial charge in [0.05, 0.1) is 0 Å². The fourth-order valence-corrected chi connectivity index (χ4v) is 3.95. The quantitative estimate of drug-likeness (QED) is 0.606. The summed E-state index contributed by atoms with van der Waals surface area (Å²) >= 11 is 0. The summed E-state index contributed by atoms with van der Waals surface area (Å²) in [6.07, 6.45) is 1.76. The van der Waals surface area contributed by atoms with Crippen LogP contribution >= 0.6 is 0 Å². The molecule has 1 saturated heterocycles. The lowest BCUT2D eigenvalue weighted by atomic mass is 9.97. The molecular formula is C23H24N4O5. The molecule has 0 spiro atoms. The Bertz CT molecular complexity index is 1100. The average molecular weight is 436 g/mol. The predicted octanol–water partition coefficient (Wildman–Crippen LogP) is 2.57. The molecule has 2 aromatic carbocycles. The van der Waals surface area contributed by atoms with E-state index in [1.807, 2.05) is 24.3 Å². The van der Waals surface area contributed by atoms with E-state index in [1.165, 1.54) is 0 Å². The lowest BCUT2D eigenvalue weighted by Gasteiger charge is -2.30. The van der Waals surface area contributed by atoms with Gasteiger partial charge in [-0.05, 0) is 43.0 Å². The van der Waals surface area contributed by atoms with E-state index in [4.69, 9.17) is 13.9 Å². The Kier molecular flexibility index (Phi) is 5.53. The fraction of sp³-hybridized carbons (Fsp3) is 0.348. The maximum absolute atomic E-state index is 12.3. The summed E-state index contributed by atoms with van der Waals surface area (Å²) in [5.74, 6) is 0.122. The van der Waals surface area contributed by atoms with Gasteiger partial charge in [-0.15, -0.1) is 0 Å². The van der Waals surface area contributed by atoms with Gasteiger partial charge in [0.25, 0.3) is 6.01 Å². The maximum Gasteiger partial charge on any atom is 0.313 e. The molecule has 0 unspecified atom stereocenters. The van der Waals surface area contributed by atoms with Crippen molar-refractivity contribution in [2.45, 2.75) is 12.8 Å². The zero-order chi connectivity index (χ0) is 21.9. The van der Waals surface area contributed by atoms with Crippen LogP contribution in [0.4, 0.5) is 11.7 Å². The normalized spacial score (nSPS) is 16.1. The van der Waals surface area contributed by atoms with Crippen molar-refractivity contribution in [1.82, 2.24) is 10.3 Å². The van der Waals surface area contributed by atoms with Gasteiger partial charge in [0, 0.05) is 31.4 Å². The SMILES string of the molecule is O=C(NCC1CCN(c2nc3ccccc3o2)CC1)C(=O)Nc1ccc2c(c1)OCCO2. The number of ether oxygens (including phenoxy) is 2. The van der Waals surface area contributed by atoms with E-state index in [2.05, 4.69) is 20.5 Å². The summed E-state index contributed by atoms with van der Waals surface area (Å²) in [6.45, 7) is 2.98. The number of carbonyl (C=O) groups is 2. The highest BCUT2D eigenvalue weighted by atomic mass is 16.6. The molecule has 5 rings (SSSR count). The summed E-state index contributed by atoms with van der Waals surface area (Å²) in [7, 11) is 0. The molecule has 3 aromatic rings. The van der Waals surface area contributed by atoms with E-state index in [9.17, 15) is 9.59 Å². The minimum Gasteiger partial charge on any atom is -0.486 e. The van der Waals surface area contributed by atoms with Crippen molar-refractivity contribution in [2.24, 2.45) is 5.92 Å². The van der Waals surface area contributed by atoms with E-state index in [-0.39, 0.29) is 0 Å². The van der Waals surface area contributed by atoms with Gasteiger partial charge < -0.3 is 29.4 Å². The minimum atomic E-state index is -0.703. The van der Waals surface area contributed by atoms with Crippen molar-refractivity contribution in [1.29, 1.82) is 0 Å². The van der Waals surface area contributed by atoms with Crippen LogP contribution in [0.3, 0.4) is 0 Å². The maximum atomic E-state index is 12.3. The third-order valence-electron chi connectivity index (χ3n) is 5.73. The van der Waals surface area contributed by atoms with Crippen molar-refractivity contribution < 1.29 is 23.5 Å². The van der Waals surface area contributed by atoms with Crippen LogP contribution in [0.2, 0.25) is 0 Å². The number of carbonyl (C=O) groups excluding carboxylic acids is 2. The van der Waals surface area contributed by atoms with Crippen molar-refractivity contribution >= 4 is 34.6 Å². The summed E-state index contributed by atoms with van der Waals surface area (Å²) < 4.78 is 16.8. The number of piperidine rings is 1. The number of benzene rings is 2. The van der Waals surface area contributed by atoms with Gasteiger partial charge >= 0.3 is 11.8 Å². The number of hydrogen-bond donors (Lipinski definition) is 2. The number of oxazole rings is 1. The third kappa shape index (κ3) is 4.32. The first-order valence-electron chi connectivity index (χ1n) is 10.7. The van der Waals surface area contributed by atoms with Gasteiger partial charge in [0.1, 0.15) is 18.7 Å². The molecule has 2 amide bonds. The number of nitrogens with zero attached hydrogens (tertiary/aromatic N) is 2. The Hall–Kier alpha value is -3.75. The number of aromatic nitrogens is 1. The number of rotatable bonds is 4. The Labute approximate surface area is 184 Å². The summed E-state index contributed by atoms with van der Waals surface area (Å²) in [4.78, 5) is 31.2.